The summed E-state index contributed by atoms with van der Waals surface area (Å²) in [5, 5.41) is 3.35. The van der Waals surface area contributed by atoms with Crippen molar-refractivity contribution >= 4 is 12.4 Å². The molecule has 1 aromatic rings. The molecule has 0 radical (unpaired) electrons. The summed E-state index contributed by atoms with van der Waals surface area (Å²) in [6.45, 7) is 4.10. The van der Waals surface area contributed by atoms with E-state index in [4.69, 9.17) is 4.74 Å². The first-order valence-electron chi connectivity index (χ1n) is 4.71. The Morgan fingerprint density at radius 1 is 1.29 bits per heavy atom. The molecule has 0 amide bonds. The number of rotatable bonds is 5. The van der Waals surface area contributed by atoms with Crippen molar-refractivity contribution in [3.63, 3.8) is 0 Å². The van der Waals surface area contributed by atoms with Gasteiger partial charge in [-0.1, -0.05) is 25.1 Å². The van der Waals surface area contributed by atoms with E-state index in [9.17, 15) is 0 Å². The Balaban J connectivity index is 0.00000169. The maximum Gasteiger partial charge on any atom is 0.123 e. The van der Waals surface area contributed by atoms with Crippen molar-refractivity contribution in [1.29, 1.82) is 0 Å². The molecule has 0 bridgehead atoms. The molecule has 0 unspecified atom stereocenters. The van der Waals surface area contributed by atoms with Gasteiger partial charge in [0.05, 0.1) is 7.11 Å². The largest absolute Gasteiger partial charge is 0.496 e. The first-order chi connectivity index (χ1) is 6.38. The molecule has 0 aliphatic rings. The Morgan fingerprint density at radius 3 is 2.64 bits per heavy atom. The van der Waals surface area contributed by atoms with Crippen molar-refractivity contribution in [2.45, 2.75) is 19.9 Å². The number of methoxy groups -OCH3 is 1. The molecule has 0 spiro atoms. The molecule has 1 N–H and O–H groups in total. The first-order valence-corrected chi connectivity index (χ1v) is 4.71. The summed E-state index contributed by atoms with van der Waals surface area (Å²) < 4.78 is 5.24. The van der Waals surface area contributed by atoms with Gasteiger partial charge in [0.25, 0.3) is 0 Å². The van der Waals surface area contributed by atoms with Crippen molar-refractivity contribution in [2.24, 2.45) is 0 Å². The predicted molar refractivity (Wildman–Crippen MR) is 62.2 cm³/mol. The van der Waals surface area contributed by atoms with E-state index < -0.39 is 0 Å². The molecule has 0 aliphatic carbocycles. The lowest BCUT2D eigenvalue weighted by atomic mass is 10.2. The zero-order valence-corrected chi connectivity index (χ0v) is 9.56. The van der Waals surface area contributed by atoms with E-state index in [-0.39, 0.29) is 12.4 Å². The fraction of sp³-hybridized carbons (Fsp3) is 0.455. The third-order valence-corrected chi connectivity index (χ3v) is 1.93. The van der Waals surface area contributed by atoms with Gasteiger partial charge < -0.3 is 10.1 Å². The van der Waals surface area contributed by atoms with E-state index in [1.807, 2.05) is 18.2 Å². The summed E-state index contributed by atoms with van der Waals surface area (Å²) in [6.07, 6.45) is 1.16. The van der Waals surface area contributed by atoms with E-state index in [0.29, 0.717) is 0 Å². The highest BCUT2D eigenvalue weighted by Crippen LogP contribution is 2.16. The van der Waals surface area contributed by atoms with Gasteiger partial charge in [-0.25, -0.2) is 0 Å². The Morgan fingerprint density at radius 2 is 2.00 bits per heavy atom. The Labute approximate surface area is 92.1 Å². The fourth-order valence-corrected chi connectivity index (χ4v) is 1.25. The topological polar surface area (TPSA) is 21.3 Å². The number of nitrogens with one attached hydrogen (secondary N) is 1. The van der Waals surface area contributed by atoms with Crippen LogP contribution in [-0.2, 0) is 6.54 Å². The van der Waals surface area contributed by atoms with Gasteiger partial charge in [0.1, 0.15) is 5.75 Å². The van der Waals surface area contributed by atoms with Crippen LogP contribution >= 0.6 is 12.4 Å². The van der Waals surface area contributed by atoms with Crippen LogP contribution in [0.15, 0.2) is 24.3 Å². The Bertz CT molecular complexity index is 253. The number of hydrogen-bond donors (Lipinski definition) is 1. The molecule has 1 aromatic carbocycles. The van der Waals surface area contributed by atoms with Crippen LogP contribution in [0.4, 0.5) is 0 Å². The molecule has 0 aromatic heterocycles. The lowest BCUT2D eigenvalue weighted by Gasteiger charge is -2.08. The molecular weight excluding hydrogens is 198 g/mol. The molecule has 3 heteroatoms. The van der Waals surface area contributed by atoms with E-state index in [0.717, 1.165) is 25.3 Å². The van der Waals surface area contributed by atoms with Crippen LogP contribution in [0.5, 0.6) is 5.75 Å². The predicted octanol–water partition coefficient (Wildman–Crippen LogP) is 2.62. The molecule has 80 valence electrons. The van der Waals surface area contributed by atoms with Crippen LogP contribution in [-0.4, -0.2) is 13.7 Å². The SMILES string of the molecule is CCCNCc1ccccc1OC.Cl. The average Bonchev–Trinajstić information content (AvgIpc) is 2.19. The van der Waals surface area contributed by atoms with Gasteiger partial charge in [-0.15, -0.1) is 12.4 Å². The van der Waals surface area contributed by atoms with Crippen LogP contribution in [0.25, 0.3) is 0 Å². The van der Waals surface area contributed by atoms with Crippen molar-refractivity contribution < 1.29 is 4.74 Å². The van der Waals surface area contributed by atoms with Gasteiger partial charge in [0, 0.05) is 12.1 Å². The highest BCUT2D eigenvalue weighted by atomic mass is 35.5. The smallest absolute Gasteiger partial charge is 0.123 e. The minimum Gasteiger partial charge on any atom is -0.496 e. The van der Waals surface area contributed by atoms with Gasteiger partial charge in [-0.05, 0) is 19.0 Å². The van der Waals surface area contributed by atoms with Crippen LogP contribution in [0, 0.1) is 0 Å². The van der Waals surface area contributed by atoms with Crippen molar-refractivity contribution in [2.75, 3.05) is 13.7 Å². The first kappa shape index (κ1) is 13.3. The van der Waals surface area contributed by atoms with Gasteiger partial charge in [0.15, 0.2) is 0 Å². The summed E-state index contributed by atoms with van der Waals surface area (Å²) in [4.78, 5) is 0. The minimum atomic E-state index is 0. The van der Waals surface area contributed by atoms with Crippen molar-refractivity contribution in [3.05, 3.63) is 29.8 Å². The van der Waals surface area contributed by atoms with Gasteiger partial charge >= 0.3 is 0 Å². The molecular formula is C11H18ClNO. The lowest BCUT2D eigenvalue weighted by Crippen LogP contribution is -2.14. The highest BCUT2D eigenvalue weighted by Gasteiger charge is 1.99. The molecule has 0 heterocycles. The summed E-state index contributed by atoms with van der Waals surface area (Å²) >= 11 is 0. The second-order valence-corrected chi connectivity index (χ2v) is 2.99. The Kier molecular flexibility index (Phi) is 7.25. The molecule has 0 aliphatic heterocycles. The maximum atomic E-state index is 5.24. The number of halogens is 1. The molecule has 0 saturated carbocycles. The summed E-state index contributed by atoms with van der Waals surface area (Å²) in [7, 11) is 1.71. The second kappa shape index (κ2) is 7.65. The number of para-hydroxylation sites is 1. The van der Waals surface area contributed by atoms with E-state index >= 15 is 0 Å². The lowest BCUT2D eigenvalue weighted by molar-refractivity contribution is 0.407. The third-order valence-electron chi connectivity index (χ3n) is 1.93. The molecule has 1 rings (SSSR count). The monoisotopic (exact) mass is 215 g/mol. The van der Waals surface area contributed by atoms with Crippen LogP contribution in [0.1, 0.15) is 18.9 Å². The van der Waals surface area contributed by atoms with Crippen LogP contribution in [0.3, 0.4) is 0 Å². The van der Waals surface area contributed by atoms with Crippen LogP contribution < -0.4 is 10.1 Å². The normalized spacial score (nSPS) is 9.29. The molecule has 2 nitrogen and oxygen atoms in total. The van der Waals surface area contributed by atoms with E-state index in [2.05, 4.69) is 18.3 Å². The fourth-order valence-electron chi connectivity index (χ4n) is 1.25. The molecule has 0 atom stereocenters. The van der Waals surface area contributed by atoms with E-state index in [1.165, 1.54) is 5.56 Å². The quantitative estimate of drug-likeness (QED) is 0.763. The standard InChI is InChI=1S/C11H17NO.ClH/c1-3-8-12-9-10-6-4-5-7-11(10)13-2;/h4-7,12H,3,8-9H2,1-2H3;1H. The van der Waals surface area contributed by atoms with Crippen LogP contribution in [0.2, 0.25) is 0 Å². The molecule has 14 heavy (non-hydrogen) atoms. The highest BCUT2D eigenvalue weighted by molar-refractivity contribution is 5.85. The summed E-state index contributed by atoms with van der Waals surface area (Å²) in [5.74, 6) is 0.964. The van der Waals surface area contributed by atoms with Gasteiger partial charge in [-0.3, -0.25) is 0 Å². The second-order valence-electron chi connectivity index (χ2n) is 2.99. The van der Waals surface area contributed by atoms with Gasteiger partial charge in [-0.2, -0.15) is 0 Å². The molecule has 0 saturated heterocycles. The van der Waals surface area contributed by atoms with E-state index in [1.54, 1.807) is 7.11 Å². The number of benzene rings is 1. The summed E-state index contributed by atoms with van der Waals surface area (Å²) in [5.41, 5.74) is 1.22. The van der Waals surface area contributed by atoms with Crippen molar-refractivity contribution in [3.8, 4) is 5.75 Å². The maximum absolute atomic E-state index is 5.24. The summed E-state index contributed by atoms with van der Waals surface area (Å²) in [6, 6.07) is 8.10. The minimum absolute atomic E-state index is 0. The third kappa shape index (κ3) is 3.99. The Hall–Kier alpha value is -0.730. The number of ether oxygens (including phenoxy) is 1. The number of hydrogen-bond acceptors (Lipinski definition) is 2. The van der Waals surface area contributed by atoms with Gasteiger partial charge in [0.2, 0.25) is 0 Å². The van der Waals surface area contributed by atoms with Crippen molar-refractivity contribution in [1.82, 2.24) is 5.32 Å². The zero-order valence-electron chi connectivity index (χ0n) is 8.75. The average molecular weight is 216 g/mol. The zero-order chi connectivity index (χ0) is 9.52. The molecule has 0 fully saturated rings.